The first-order valence-corrected chi connectivity index (χ1v) is 9.46. The fourth-order valence-electron chi connectivity index (χ4n) is 2.09. The minimum absolute atomic E-state index is 0.177. The van der Waals surface area contributed by atoms with Crippen molar-refractivity contribution in [2.45, 2.75) is 10.6 Å². The van der Waals surface area contributed by atoms with E-state index < -0.39 is 16.8 Å². The highest BCUT2D eigenvalue weighted by Crippen LogP contribution is 2.33. The van der Waals surface area contributed by atoms with E-state index in [9.17, 15) is 9.00 Å². The number of methoxy groups -OCH3 is 2. The second kappa shape index (κ2) is 8.08. The van der Waals surface area contributed by atoms with E-state index in [4.69, 9.17) is 9.47 Å². The monoisotopic (exact) mass is 460 g/mol. The first-order chi connectivity index (χ1) is 11.0. The van der Waals surface area contributed by atoms with Crippen LogP contribution in [0.3, 0.4) is 0 Å². The van der Waals surface area contributed by atoms with Gasteiger partial charge in [-0.3, -0.25) is 4.21 Å². The Balaban J connectivity index is 2.46. The molecule has 0 N–H and O–H groups in total. The molecule has 0 bridgehead atoms. The van der Waals surface area contributed by atoms with Gasteiger partial charge in [-0.2, -0.15) is 0 Å². The largest absolute Gasteiger partial charge is 0.495 e. The van der Waals surface area contributed by atoms with Gasteiger partial charge < -0.3 is 9.47 Å². The number of esters is 1. The molecule has 122 valence electrons. The smallest absolute Gasteiger partial charge is 0.342 e. The highest BCUT2D eigenvalue weighted by Gasteiger charge is 2.22. The van der Waals surface area contributed by atoms with Crippen LogP contribution in [-0.4, -0.2) is 24.4 Å². The van der Waals surface area contributed by atoms with Crippen LogP contribution < -0.4 is 4.74 Å². The molecule has 0 spiro atoms. The van der Waals surface area contributed by atoms with Crippen molar-refractivity contribution in [2.75, 3.05) is 14.2 Å². The maximum Gasteiger partial charge on any atom is 0.342 e. The third-order valence-electron chi connectivity index (χ3n) is 3.16. The molecule has 2 aromatic rings. The fourth-order valence-corrected chi connectivity index (χ4v) is 4.61. The Kier molecular flexibility index (Phi) is 6.38. The third kappa shape index (κ3) is 4.02. The molecule has 0 amide bonds. The summed E-state index contributed by atoms with van der Waals surface area (Å²) in [5.41, 5.74) is 0.885. The number of rotatable bonds is 5. The lowest BCUT2D eigenvalue weighted by Gasteiger charge is -2.14. The van der Waals surface area contributed by atoms with Crippen LogP contribution in [0.2, 0.25) is 0 Å². The summed E-state index contributed by atoms with van der Waals surface area (Å²) in [6, 6.07) is 10.8. The van der Waals surface area contributed by atoms with Gasteiger partial charge in [0.15, 0.2) is 0 Å². The second-order valence-electron chi connectivity index (χ2n) is 4.53. The van der Waals surface area contributed by atoms with Crippen molar-refractivity contribution in [3.05, 3.63) is 56.5 Å². The molecule has 2 aromatic carbocycles. The Morgan fingerprint density at radius 2 is 1.78 bits per heavy atom. The molecule has 7 heteroatoms. The normalized spacial score (nSPS) is 11.8. The van der Waals surface area contributed by atoms with E-state index in [1.165, 1.54) is 14.2 Å². The molecule has 1 unspecified atom stereocenters. The van der Waals surface area contributed by atoms with Crippen LogP contribution in [-0.2, 0) is 21.3 Å². The average molecular weight is 462 g/mol. The average Bonchev–Trinajstić information content (AvgIpc) is 2.55. The summed E-state index contributed by atoms with van der Waals surface area (Å²) in [7, 11) is 1.46. The zero-order valence-electron chi connectivity index (χ0n) is 12.5. The molecule has 0 aliphatic carbocycles. The number of hydrogen-bond donors (Lipinski definition) is 0. The van der Waals surface area contributed by atoms with Crippen LogP contribution in [0.15, 0.2) is 50.2 Å². The highest BCUT2D eigenvalue weighted by molar-refractivity contribution is 9.10. The molecule has 0 fully saturated rings. The number of carbonyl (C=O) groups excluding carboxylic acids is 1. The van der Waals surface area contributed by atoms with E-state index in [0.29, 0.717) is 20.7 Å². The van der Waals surface area contributed by atoms with Crippen molar-refractivity contribution >= 4 is 48.6 Å². The molecular formula is C16H14Br2O4S. The molecule has 2 rings (SSSR count). The van der Waals surface area contributed by atoms with Crippen LogP contribution in [0.4, 0.5) is 0 Å². The van der Waals surface area contributed by atoms with Gasteiger partial charge in [-0.15, -0.1) is 0 Å². The van der Waals surface area contributed by atoms with E-state index >= 15 is 0 Å². The topological polar surface area (TPSA) is 52.6 Å². The van der Waals surface area contributed by atoms with Crippen molar-refractivity contribution in [3.63, 3.8) is 0 Å². The minimum Gasteiger partial charge on any atom is -0.495 e. The molecule has 0 saturated heterocycles. The van der Waals surface area contributed by atoms with Gasteiger partial charge in [-0.05, 0) is 55.6 Å². The predicted octanol–water partition coefficient (Wildman–Crippen LogP) is 4.31. The summed E-state index contributed by atoms with van der Waals surface area (Å²) in [6.45, 7) is 0. The van der Waals surface area contributed by atoms with Crippen LogP contribution in [0.5, 0.6) is 5.75 Å². The second-order valence-corrected chi connectivity index (χ2v) is 7.65. The van der Waals surface area contributed by atoms with Gasteiger partial charge in [0.25, 0.3) is 0 Å². The van der Waals surface area contributed by atoms with E-state index in [2.05, 4.69) is 31.9 Å². The quantitative estimate of drug-likeness (QED) is 0.622. The van der Waals surface area contributed by atoms with E-state index in [1.807, 2.05) is 18.2 Å². The molecule has 4 nitrogen and oxygen atoms in total. The Bertz CT molecular complexity index is 762. The molecule has 1 atom stereocenters. The van der Waals surface area contributed by atoms with Gasteiger partial charge in [0.2, 0.25) is 0 Å². The molecule has 0 aromatic heterocycles. The van der Waals surface area contributed by atoms with Crippen LogP contribution >= 0.6 is 31.9 Å². The van der Waals surface area contributed by atoms with Crippen LogP contribution in [0.25, 0.3) is 0 Å². The Hall–Kier alpha value is -1.18. The standard InChI is InChI=1S/C16H14Br2O4S/c1-21-15-12(18)8-7-10(14(15)16(19)22-2)9-23(20)13-6-4-3-5-11(13)17/h3-8H,9H2,1-2H3. The van der Waals surface area contributed by atoms with Crippen molar-refractivity contribution in [1.82, 2.24) is 0 Å². The fraction of sp³-hybridized carbons (Fsp3) is 0.188. The summed E-state index contributed by atoms with van der Waals surface area (Å²) in [5.74, 6) is 0.0252. The highest BCUT2D eigenvalue weighted by atomic mass is 79.9. The van der Waals surface area contributed by atoms with Gasteiger partial charge in [0.05, 0.1) is 40.1 Å². The van der Waals surface area contributed by atoms with E-state index in [-0.39, 0.29) is 11.3 Å². The molecule has 0 heterocycles. The number of benzene rings is 2. The Labute approximate surface area is 153 Å². The zero-order valence-corrected chi connectivity index (χ0v) is 16.5. The summed E-state index contributed by atoms with van der Waals surface area (Å²) < 4.78 is 24.2. The summed E-state index contributed by atoms with van der Waals surface area (Å²) in [4.78, 5) is 12.8. The molecule has 0 aliphatic rings. The van der Waals surface area contributed by atoms with Gasteiger partial charge in [-0.25, -0.2) is 4.79 Å². The Morgan fingerprint density at radius 3 is 2.39 bits per heavy atom. The van der Waals surface area contributed by atoms with Crippen molar-refractivity contribution < 1.29 is 18.5 Å². The van der Waals surface area contributed by atoms with Gasteiger partial charge in [0, 0.05) is 4.47 Å². The molecule has 23 heavy (non-hydrogen) atoms. The lowest BCUT2D eigenvalue weighted by molar-refractivity contribution is 0.0596. The molecular weight excluding hydrogens is 448 g/mol. The zero-order chi connectivity index (χ0) is 17.0. The number of hydrogen-bond acceptors (Lipinski definition) is 4. The van der Waals surface area contributed by atoms with Gasteiger partial charge in [-0.1, -0.05) is 18.2 Å². The van der Waals surface area contributed by atoms with Gasteiger partial charge in [0.1, 0.15) is 11.3 Å². The lowest BCUT2D eigenvalue weighted by Crippen LogP contribution is -2.10. The minimum atomic E-state index is -1.32. The number of ether oxygens (including phenoxy) is 2. The molecule has 0 radical (unpaired) electrons. The third-order valence-corrected chi connectivity index (χ3v) is 6.16. The lowest BCUT2D eigenvalue weighted by atomic mass is 10.1. The SMILES string of the molecule is COC(=O)c1c(CS(=O)c2ccccc2Br)ccc(Br)c1OC. The van der Waals surface area contributed by atoms with Gasteiger partial charge >= 0.3 is 5.97 Å². The van der Waals surface area contributed by atoms with E-state index in [0.717, 1.165) is 4.47 Å². The first kappa shape index (κ1) is 18.2. The maximum absolute atomic E-state index is 12.7. The summed E-state index contributed by atoms with van der Waals surface area (Å²) in [5, 5.41) is 0. The van der Waals surface area contributed by atoms with Crippen LogP contribution in [0, 0.1) is 0 Å². The number of halogens is 2. The maximum atomic E-state index is 12.7. The molecule has 0 aliphatic heterocycles. The van der Waals surface area contributed by atoms with Crippen molar-refractivity contribution in [1.29, 1.82) is 0 Å². The predicted molar refractivity (Wildman–Crippen MR) is 96.3 cm³/mol. The summed E-state index contributed by atoms with van der Waals surface area (Å²) in [6.07, 6.45) is 0. The number of carbonyl (C=O) groups is 1. The van der Waals surface area contributed by atoms with Crippen LogP contribution in [0.1, 0.15) is 15.9 Å². The van der Waals surface area contributed by atoms with Crippen molar-refractivity contribution in [2.24, 2.45) is 0 Å². The summed E-state index contributed by atoms with van der Waals surface area (Å²) >= 11 is 6.74. The Morgan fingerprint density at radius 1 is 1.09 bits per heavy atom. The first-order valence-electron chi connectivity index (χ1n) is 6.56. The van der Waals surface area contributed by atoms with Crippen molar-refractivity contribution in [3.8, 4) is 5.75 Å². The molecule has 0 saturated carbocycles. The van der Waals surface area contributed by atoms with E-state index in [1.54, 1.807) is 18.2 Å².